The number of amides is 1. The van der Waals surface area contributed by atoms with Gasteiger partial charge in [-0.1, -0.05) is 12.1 Å². The maximum Gasteiger partial charge on any atom is 0.251 e. The number of thioether (sulfide) groups is 2. The Morgan fingerprint density at radius 1 is 1.21 bits per heavy atom. The van der Waals surface area contributed by atoms with Gasteiger partial charge in [0.25, 0.3) is 5.91 Å². The third-order valence-corrected chi connectivity index (χ3v) is 8.63. The number of benzene rings is 1. The van der Waals surface area contributed by atoms with Crippen LogP contribution in [0.4, 0.5) is 0 Å². The predicted octanol–water partition coefficient (Wildman–Crippen LogP) is 2.32. The van der Waals surface area contributed by atoms with Crippen molar-refractivity contribution in [1.82, 2.24) is 9.62 Å². The van der Waals surface area contributed by atoms with Crippen molar-refractivity contribution in [3.8, 4) is 0 Å². The van der Waals surface area contributed by atoms with Gasteiger partial charge < -0.3 is 5.32 Å². The molecular formula is C16H22N2O3S3. The van der Waals surface area contributed by atoms with Gasteiger partial charge in [-0.15, -0.1) is 23.5 Å². The highest BCUT2D eigenvalue weighted by atomic mass is 32.2. The maximum atomic E-state index is 12.4. The van der Waals surface area contributed by atoms with E-state index in [9.17, 15) is 13.2 Å². The molecule has 24 heavy (non-hydrogen) atoms. The molecular weight excluding hydrogens is 364 g/mol. The minimum atomic E-state index is -3.20. The van der Waals surface area contributed by atoms with Gasteiger partial charge in [0.2, 0.25) is 10.0 Å². The Labute approximate surface area is 152 Å². The first kappa shape index (κ1) is 18.1. The Kier molecular flexibility index (Phi) is 5.79. The van der Waals surface area contributed by atoms with Gasteiger partial charge in [0, 0.05) is 36.2 Å². The molecule has 1 unspecified atom stereocenters. The Bertz CT molecular complexity index is 685. The van der Waals surface area contributed by atoms with Crippen LogP contribution in [0, 0.1) is 0 Å². The molecule has 2 heterocycles. The first-order valence-electron chi connectivity index (χ1n) is 8.02. The third-order valence-electron chi connectivity index (χ3n) is 4.26. The van der Waals surface area contributed by atoms with E-state index >= 15 is 0 Å². The zero-order chi connectivity index (χ0) is 17.2. The number of carbonyl (C=O) groups excluding carboxylic acids is 1. The van der Waals surface area contributed by atoms with Gasteiger partial charge in [0.05, 0.1) is 10.8 Å². The molecule has 5 nitrogen and oxygen atoms in total. The van der Waals surface area contributed by atoms with E-state index < -0.39 is 10.0 Å². The molecule has 8 heteroatoms. The molecule has 0 radical (unpaired) electrons. The first-order chi connectivity index (χ1) is 11.4. The van der Waals surface area contributed by atoms with Gasteiger partial charge in [0.15, 0.2) is 0 Å². The van der Waals surface area contributed by atoms with Crippen molar-refractivity contribution >= 4 is 39.5 Å². The lowest BCUT2D eigenvalue weighted by molar-refractivity contribution is 0.0921. The highest BCUT2D eigenvalue weighted by Crippen LogP contribution is 2.45. The zero-order valence-corrected chi connectivity index (χ0v) is 16.1. The Morgan fingerprint density at radius 2 is 1.88 bits per heavy atom. The van der Waals surface area contributed by atoms with Crippen LogP contribution in [0.2, 0.25) is 0 Å². The second kappa shape index (κ2) is 7.68. The summed E-state index contributed by atoms with van der Waals surface area (Å²) in [7, 11) is -3.20. The molecule has 1 atom stereocenters. The lowest BCUT2D eigenvalue weighted by Gasteiger charge is -2.31. The molecule has 0 spiro atoms. The number of nitrogens with one attached hydrogen (secondary N) is 1. The number of nitrogens with zero attached hydrogens (tertiary/aromatic N) is 1. The summed E-state index contributed by atoms with van der Waals surface area (Å²) in [4.78, 5) is 12.4. The van der Waals surface area contributed by atoms with E-state index in [0.29, 0.717) is 23.2 Å². The smallest absolute Gasteiger partial charge is 0.251 e. The summed E-state index contributed by atoms with van der Waals surface area (Å²) in [6, 6.07) is 7.65. The van der Waals surface area contributed by atoms with Crippen LogP contribution < -0.4 is 5.32 Å². The second-order valence-electron chi connectivity index (χ2n) is 6.13. The van der Waals surface area contributed by atoms with Crippen molar-refractivity contribution in [2.45, 2.75) is 23.5 Å². The molecule has 2 aliphatic heterocycles. The Balaban J connectivity index is 1.60. The second-order valence-corrected chi connectivity index (χ2v) is 10.8. The predicted molar refractivity (Wildman–Crippen MR) is 101 cm³/mol. The van der Waals surface area contributed by atoms with Crippen molar-refractivity contribution in [2.75, 3.05) is 30.9 Å². The van der Waals surface area contributed by atoms with Crippen LogP contribution in [0.5, 0.6) is 0 Å². The number of hydrogen-bond donors (Lipinski definition) is 1. The van der Waals surface area contributed by atoms with E-state index in [1.807, 2.05) is 47.8 Å². The molecule has 0 bridgehead atoms. The SMILES string of the molecule is CS(=O)(=O)N1CCCC(NC(=O)c2ccc(C3SCCS3)cc2)C1. The van der Waals surface area contributed by atoms with Crippen LogP contribution in [-0.2, 0) is 10.0 Å². The summed E-state index contributed by atoms with van der Waals surface area (Å²) < 4.78 is 25.2. The quantitative estimate of drug-likeness (QED) is 0.860. The number of sulfonamides is 1. The average molecular weight is 387 g/mol. The minimum Gasteiger partial charge on any atom is -0.348 e. The van der Waals surface area contributed by atoms with E-state index in [1.54, 1.807) is 0 Å². The average Bonchev–Trinajstić information content (AvgIpc) is 3.09. The van der Waals surface area contributed by atoms with E-state index in [2.05, 4.69) is 5.32 Å². The number of piperidine rings is 1. The van der Waals surface area contributed by atoms with Gasteiger partial charge in [-0.2, -0.15) is 0 Å². The van der Waals surface area contributed by atoms with Gasteiger partial charge in [0.1, 0.15) is 0 Å². The molecule has 1 aromatic rings. The van der Waals surface area contributed by atoms with Crippen LogP contribution in [0.3, 0.4) is 0 Å². The zero-order valence-electron chi connectivity index (χ0n) is 13.6. The summed E-state index contributed by atoms with van der Waals surface area (Å²) in [5, 5.41) is 2.97. The summed E-state index contributed by atoms with van der Waals surface area (Å²) in [5.41, 5.74) is 1.88. The molecule has 2 fully saturated rings. The fraction of sp³-hybridized carbons (Fsp3) is 0.562. The largest absolute Gasteiger partial charge is 0.348 e. The van der Waals surface area contributed by atoms with Gasteiger partial charge >= 0.3 is 0 Å². The van der Waals surface area contributed by atoms with Crippen molar-refractivity contribution in [1.29, 1.82) is 0 Å². The number of rotatable bonds is 4. The first-order valence-corrected chi connectivity index (χ1v) is 12.0. The number of carbonyl (C=O) groups is 1. The molecule has 3 rings (SSSR count). The normalized spacial score (nSPS) is 23.3. The fourth-order valence-electron chi connectivity index (χ4n) is 2.97. The van der Waals surface area contributed by atoms with Crippen LogP contribution in [-0.4, -0.2) is 55.5 Å². The van der Waals surface area contributed by atoms with Crippen LogP contribution >= 0.6 is 23.5 Å². The van der Waals surface area contributed by atoms with Crippen LogP contribution in [0.15, 0.2) is 24.3 Å². The maximum absolute atomic E-state index is 12.4. The monoisotopic (exact) mass is 386 g/mol. The lowest BCUT2D eigenvalue weighted by atomic mass is 10.1. The molecule has 1 N–H and O–H groups in total. The molecule has 0 saturated carbocycles. The summed E-state index contributed by atoms with van der Waals surface area (Å²) in [5.74, 6) is 2.22. The topological polar surface area (TPSA) is 66.5 Å². The van der Waals surface area contributed by atoms with Crippen LogP contribution in [0.1, 0.15) is 33.3 Å². The van der Waals surface area contributed by atoms with E-state index in [4.69, 9.17) is 0 Å². The van der Waals surface area contributed by atoms with Gasteiger partial charge in [-0.3, -0.25) is 4.79 Å². The van der Waals surface area contributed by atoms with Crippen molar-refractivity contribution in [3.63, 3.8) is 0 Å². The molecule has 132 valence electrons. The van der Waals surface area contributed by atoms with Gasteiger partial charge in [-0.25, -0.2) is 12.7 Å². The lowest BCUT2D eigenvalue weighted by Crippen LogP contribution is -2.49. The highest BCUT2D eigenvalue weighted by molar-refractivity contribution is 8.19. The molecule has 2 saturated heterocycles. The minimum absolute atomic E-state index is 0.124. The van der Waals surface area contributed by atoms with Crippen molar-refractivity contribution in [3.05, 3.63) is 35.4 Å². The molecule has 0 aliphatic carbocycles. The fourth-order valence-corrected chi connectivity index (χ4v) is 6.74. The third kappa shape index (κ3) is 4.47. The summed E-state index contributed by atoms with van der Waals surface area (Å²) in [6.45, 7) is 0.897. The Morgan fingerprint density at radius 3 is 2.50 bits per heavy atom. The van der Waals surface area contributed by atoms with Crippen molar-refractivity contribution < 1.29 is 13.2 Å². The highest BCUT2D eigenvalue weighted by Gasteiger charge is 2.27. The Hall–Kier alpha value is -0.700. The van der Waals surface area contributed by atoms with Gasteiger partial charge in [-0.05, 0) is 30.5 Å². The number of hydrogen-bond acceptors (Lipinski definition) is 5. The molecule has 0 aromatic heterocycles. The van der Waals surface area contributed by atoms with E-state index in [0.717, 1.165) is 12.8 Å². The summed E-state index contributed by atoms with van der Waals surface area (Å²) >= 11 is 3.88. The van der Waals surface area contributed by atoms with E-state index in [1.165, 1.54) is 27.6 Å². The molecule has 1 amide bonds. The molecule has 2 aliphatic rings. The summed E-state index contributed by atoms with van der Waals surface area (Å²) in [6.07, 6.45) is 2.80. The standard InChI is InChI=1S/C16H22N2O3S3/c1-24(20,21)18-8-2-3-14(11-18)17-15(19)12-4-6-13(7-5-12)16-22-9-10-23-16/h4-7,14,16H,2-3,8-11H2,1H3,(H,17,19). The van der Waals surface area contributed by atoms with Crippen molar-refractivity contribution in [2.24, 2.45) is 0 Å². The van der Waals surface area contributed by atoms with Crippen LogP contribution in [0.25, 0.3) is 0 Å². The molecule has 1 aromatic carbocycles. The van der Waals surface area contributed by atoms with E-state index in [-0.39, 0.29) is 11.9 Å².